The van der Waals surface area contributed by atoms with E-state index in [0.29, 0.717) is 33.9 Å². The van der Waals surface area contributed by atoms with Crippen molar-refractivity contribution >= 4 is 12.1 Å². The first kappa shape index (κ1) is 15.7. The van der Waals surface area contributed by atoms with Crippen molar-refractivity contribution < 1.29 is 19.4 Å². The number of aromatic nitrogens is 1. The number of aromatic hydroxyl groups is 1. The lowest BCUT2D eigenvalue weighted by atomic mass is 10.1. The number of carbonyl (C=O) groups excluding carboxylic acids is 1. The van der Waals surface area contributed by atoms with E-state index >= 15 is 0 Å². The van der Waals surface area contributed by atoms with E-state index in [1.165, 1.54) is 12.4 Å². The number of hydrogen-bond donors (Lipinski definition) is 3. The van der Waals surface area contributed by atoms with E-state index in [4.69, 9.17) is 4.42 Å². The SMILES string of the molecule is Cc1cc(C(=O)NN=Cc2c(CO)cnc(C)c2O)c(C)o1. The summed E-state index contributed by atoms with van der Waals surface area (Å²) in [5.41, 5.74) is 3.89. The van der Waals surface area contributed by atoms with Crippen LogP contribution in [0.4, 0.5) is 0 Å². The number of aliphatic hydroxyl groups excluding tert-OH is 1. The number of rotatable bonds is 4. The smallest absolute Gasteiger partial charge is 0.274 e. The molecule has 116 valence electrons. The van der Waals surface area contributed by atoms with E-state index in [0.717, 1.165) is 0 Å². The lowest BCUT2D eigenvalue weighted by Crippen LogP contribution is -2.18. The van der Waals surface area contributed by atoms with Crippen LogP contribution in [0.3, 0.4) is 0 Å². The topological polar surface area (TPSA) is 108 Å². The number of aliphatic hydroxyl groups is 1. The summed E-state index contributed by atoms with van der Waals surface area (Å²) in [6.07, 6.45) is 2.72. The Labute approximate surface area is 127 Å². The van der Waals surface area contributed by atoms with E-state index in [1.54, 1.807) is 26.8 Å². The summed E-state index contributed by atoms with van der Waals surface area (Å²) in [5.74, 6) is 0.641. The lowest BCUT2D eigenvalue weighted by Gasteiger charge is -2.06. The number of pyridine rings is 1. The molecule has 1 amide bonds. The number of nitrogens with zero attached hydrogens (tertiary/aromatic N) is 2. The minimum absolute atomic E-state index is 0.0834. The zero-order valence-electron chi connectivity index (χ0n) is 12.5. The Morgan fingerprint density at radius 1 is 1.45 bits per heavy atom. The molecule has 3 N–H and O–H groups in total. The van der Waals surface area contributed by atoms with Crippen LogP contribution in [0, 0.1) is 20.8 Å². The molecule has 0 aliphatic heterocycles. The van der Waals surface area contributed by atoms with Crippen LogP contribution in [0.2, 0.25) is 0 Å². The van der Waals surface area contributed by atoms with Gasteiger partial charge in [-0.25, -0.2) is 5.43 Å². The molecule has 0 radical (unpaired) electrons. The fourth-order valence-corrected chi connectivity index (χ4v) is 1.99. The maximum Gasteiger partial charge on any atom is 0.274 e. The van der Waals surface area contributed by atoms with Gasteiger partial charge in [0.1, 0.15) is 17.3 Å². The molecular weight excluding hydrogens is 286 g/mol. The number of hydrazone groups is 1. The minimum Gasteiger partial charge on any atom is -0.505 e. The minimum atomic E-state index is -0.415. The zero-order valence-corrected chi connectivity index (χ0v) is 12.5. The third kappa shape index (κ3) is 3.15. The van der Waals surface area contributed by atoms with Gasteiger partial charge in [0, 0.05) is 17.3 Å². The van der Waals surface area contributed by atoms with Gasteiger partial charge >= 0.3 is 0 Å². The van der Waals surface area contributed by atoms with Crippen molar-refractivity contribution in [2.75, 3.05) is 0 Å². The Balaban J connectivity index is 2.18. The summed E-state index contributed by atoms with van der Waals surface area (Å²) in [5, 5.41) is 23.0. The lowest BCUT2D eigenvalue weighted by molar-refractivity contribution is 0.0953. The van der Waals surface area contributed by atoms with Gasteiger partial charge in [-0.3, -0.25) is 9.78 Å². The summed E-state index contributed by atoms with van der Waals surface area (Å²) >= 11 is 0. The highest BCUT2D eigenvalue weighted by atomic mass is 16.3. The highest BCUT2D eigenvalue weighted by molar-refractivity contribution is 5.96. The Bertz CT molecular complexity index is 735. The molecule has 2 rings (SSSR count). The van der Waals surface area contributed by atoms with Crippen LogP contribution in [0.25, 0.3) is 0 Å². The largest absolute Gasteiger partial charge is 0.505 e. The number of furan rings is 1. The molecule has 0 atom stereocenters. The van der Waals surface area contributed by atoms with Gasteiger partial charge in [-0.05, 0) is 26.8 Å². The van der Waals surface area contributed by atoms with Gasteiger partial charge in [-0.15, -0.1) is 0 Å². The Hall–Kier alpha value is -2.67. The maximum atomic E-state index is 12.0. The summed E-state index contributed by atoms with van der Waals surface area (Å²) in [6.45, 7) is 4.77. The molecular formula is C15H17N3O4. The van der Waals surface area contributed by atoms with Gasteiger partial charge in [-0.2, -0.15) is 5.10 Å². The standard InChI is InChI=1S/C15H17N3O4/c1-8-4-12(10(3)22-8)15(21)18-17-6-13-11(7-19)5-16-9(2)14(13)20/h4-6,19-20H,7H2,1-3H3,(H,18,21). The van der Waals surface area contributed by atoms with E-state index < -0.39 is 5.91 Å². The van der Waals surface area contributed by atoms with Crippen molar-refractivity contribution in [3.8, 4) is 5.75 Å². The maximum absolute atomic E-state index is 12.0. The van der Waals surface area contributed by atoms with E-state index in [1.807, 2.05) is 0 Å². The van der Waals surface area contributed by atoms with Crippen LogP contribution >= 0.6 is 0 Å². The highest BCUT2D eigenvalue weighted by Crippen LogP contribution is 2.21. The molecule has 0 aliphatic carbocycles. The van der Waals surface area contributed by atoms with Gasteiger partial charge in [0.05, 0.1) is 24.1 Å². The first-order chi connectivity index (χ1) is 10.4. The van der Waals surface area contributed by atoms with Crippen molar-refractivity contribution in [2.45, 2.75) is 27.4 Å². The first-order valence-electron chi connectivity index (χ1n) is 6.62. The molecule has 7 heteroatoms. The number of carbonyl (C=O) groups is 1. The monoisotopic (exact) mass is 303 g/mol. The van der Waals surface area contributed by atoms with Crippen LogP contribution in [0.1, 0.15) is 38.7 Å². The van der Waals surface area contributed by atoms with E-state index in [-0.39, 0.29) is 12.4 Å². The molecule has 22 heavy (non-hydrogen) atoms. The summed E-state index contributed by atoms with van der Waals surface area (Å²) in [6, 6.07) is 1.62. The normalized spacial score (nSPS) is 11.1. The molecule has 0 bridgehead atoms. The van der Waals surface area contributed by atoms with Crippen LogP contribution in [0.5, 0.6) is 5.75 Å². The molecule has 0 saturated heterocycles. The third-order valence-corrected chi connectivity index (χ3v) is 3.17. The van der Waals surface area contributed by atoms with Gasteiger partial charge in [-0.1, -0.05) is 0 Å². The highest BCUT2D eigenvalue weighted by Gasteiger charge is 2.13. The summed E-state index contributed by atoms with van der Waals surface area (Å²) in [4.78, 5) is 15.9. The quantitative estimate of drug-likeness (QED) is 0.587. The molecule has 2 heterocycles. The molecule has 0 saturated carbocycles. The van der Waals surface area contributed by atoms with Crippen molar-refractivity contribution in [2.24, 2.45) is 5.10 Å². The molecule has 0 fully saturated rings. The molecule has 0 aliphatic rings. The van der Waals surface area contributed by atoms with Gasteiger partial charge in [0.15, 0.2) is 0 Å². The average Bonchev–Trinajstić information content (AvgIpc) is 2.82. The van der Waals surface area contributed by atoms with Crippen molar-refractivity contribution in [1.82, 2.24) is 10.4 Å². The second kappa shape index (κ2) is 6.40. The second-order valence-electron chi connectivity index (χ2n) is 4.82. The average molecular weight is 303 g/mol. The van der Waals surface area contributed by atoms with E-state index in [2.05, 4.69) is 15.5 Å². The zero-order chi connectivity index (χ0) is 16.3. The summed E-state index contributed by atoms with van der Waals surface area (Å²) < 4.78 is 5.28. The molecule has 7 nitrogen and oxygen atoms in total. The van der Waals surface area contributed by atoms with Crippen LogP contribution in [-0.4, -0.2) is 27.3 Å². The van der Waals surface area contributed by atoms with Crippen molar-refractivity contribution in [1.29, 1.82) is 0 Å². The number of hydrogen-bond acceptors (Lipinski definition) is 6. The number of nitrogens with one attached hydrogen (secondary N) is 1. The van der Waals surface area contributed by atoms with Gasteiger partial charge in [0.2, 0.25) is 0 Å². The van der Waals surface area contributed by atoms with Gasteiger partial charge < -0.3 is 14.6 Å². The van der Waals surface area contributed by atoms with Crippen molar-refractivity contribution in [3.05, 3.63) is 46.2 Å². The molecule has 2 aromatic rings. The Kier molecular flexibility index (Phi) is 4.57. The van der Waals surface area contributed by atoms with Crippen molar-refractivity contribution in [3.63, 3.8) is 0 Å². The number of amides is 1. The Morgan fingerprint density at radius 2 is 2.18 bits per heavy atom. The Morgan fingerprint density at radius 3 is 2.77 bits per heavy atom. The first-order valence-corrected chi connectivity index (χ1v) is 6.62. The molecule has 0 spiro atoms. The van der Waals surface area contributed by atoms with Crippen LogP contribution in [0.15, 0.2) is 21.8 Å². The van der Waals surface area contributed by atoms with Crippen LogP contribution < -0.4 is 5.43 Å². The van der Waals surface area contributed by atoms with Gasteiger partial charge in [0.25, 0.3) is 5.91 Å². The summed E-state index contributed by atoms with van der Waals surface area (Å²) in [7, 11) is 0. The molecule has 0 unspecified atom stereocenters. The molecule has 0 aromatic carbocycles. The second-order valence-corrected chi connectivity index (χ2v) is 4.82. The fourth-order valence-electron chi connectivity index (χ4n) is 1.99. The third-order valence-electron chi connectivity index (χ3n) is 3.17. The predicted molar refractivity (Wildman–Crippen MR) is 79.8 cm³/mol. The van der Waals surface area contributed by atoms with Crippen LogP contribution in [-0.2, 0) is 6.61 Å². The predicted octanol–water partition coefficient (Wildman–Crippen LogP) is 1.56. The number of aryl methyl sites for hydroxylation is 3. The molecule has 2 aromatic heterocycles. The van der Waals surface area contributed by atoms with E-state index in [9.17, 15) is 15.0 Å². The fraction of sp³-hybridized carbons (Fsp3) is 0.267.